The van der Waals surface area contributed by atoms with Crippen molar-refractivity contribution < 1.29 is 5.11 Å². The summed E-state index contributed by atoms with van der Waals surface area (Å²) in [4.78, 5) is 17.0. The third-order valence-corrected chi connectivity index (χ3v) is 2.32. The van der Waals surface area contributed by atoms with Crippen LogP contribution in [0.4, 0.5) is 0 Å². The second kappa shape index (κ2) is 2.99. The van der Waals surface area contributed by atoms with Gasteiger partial charge in [-0.25, -0.2) is 4.98 Å². The molecule has 0 aliphatic heterocycles. The van der Waals surface area contributed by atoms with Crippen molar-refractivity contribution in [1.82, 2.24) is 9.97 Å². The molecule has 1 aromatic heterocycles. The van der Waals surface area contributed by atoms with Crippen LogP contribution in [0.2, 0.25) is 0 Å². The zero-order chi connectivity index (χ0) is 9.42. The molecule has 0 saturated heterocycles. The molecule has 4 nitrogen and oxygen atoms in total. The SMILES string of the molecule is O=c1[nH]c([O-])nc2ccc(I)cc12. The maximum atomic E-state index is 11.3. The predicted octanol–water partition coefficient (Wildman–Crippen LogP) is 0.601. The first-order chi connectivity index (χ1) is 6.16. The van der Waals surface area contributed by atoms with Crippen LogP contribution in [0.15, 0.2) is 23.0 Å². The van der Waals surface area contributed by atoms with E-state index in [4.69, 9.17) is 0 Å². The topological polar surface area (TPSA) is 68.8 Å². The Hall–Kier alpha value is -1.11. The van der Waals surface area contributed by atoms with Gasteiger partial charge >= 0.3 is 0 Å². The van der Waals surface area contributed by atoms with Gasteiger partial charge in [0.1, 0.15) is 0 Å². The highest BCUT2D eigenvalue weighted by molar-refractivity contribution is 14.1. The number of hydrogen-bond acceptors (Lipinski definition) is 3. The third kappa shape index (κ3) is 1.51. The minimum Gasteiger partial charge on any atom is -0.846 e. The molecule has 0 atom stereocenters. The number of halogens is 1. The Bertz CT molecular complexity index is 521. The summed E-state index contributed by atoms with van der Waals surface area (Å²) in [5.74, 6) is 0. The van der Waals surface area contributed by atoms with Crippen molar-refractivity contribution in [3.05, 3.63) is 32.1 Å². The lowest BCUT2D eigenvalue weighted by atomic mass is 10.2. The van der Waals surface area contributed by atoms with Crippen LogP contribution < -0.4 is 10.7 Å². The molecule has 0 saturated carbocycles. The molecule has 1 N–H and O–H groups in total. The molecule has 2 rings (SSSR count). The minimum atomic E-state index is -0.598. The molecule has 2 aromatic rings. The molecule has 0 unspecified atom stereocenters. The quantitative estimate of drug-likeness (QED) is 0.721. The fourth-order valence-corrected chi connectivity index (χ4v) is 1.58. The number of nitrogens with one attached hydrogen (secondary N) is 1. The zero-order valence-electron chi connectivity index (χ0n) is 6.37. The molecule has 1 heterocycles. The van der Waals surface area contributed by atoms with E-state index in [1.165, 1.54) is 0 Å². The number of rotatable bonds is 0. The van der Waals surface area contributed by atoms with Crippen LogP contribution in [-0.4, -0.2) is 9.97 Å². The van der Waals surface area contributed by atoms with Crippen molar-refractivity contribution in [3.8, 4) is 6.01 Å². The first-order valence-electron chi connectivity index (χ1n) is 3.53. The van der Waals surface area contributed by atoms with E-state index in [1.54, 1.807) is 18.2 Å². The maximum absolute atomic E-state index is 11.3. The lowest BCUT2D eigenvalue weighted by Gasteiger charge is -2.04. The Labute approximate surface area is 86.8 Å². The Morgan fingerprint density at radius 3 is 3.00 bits per heavy atom. The van der Waals surface area contributed by atoms with Crippen molar-refractivity contribution in [2.45, 2.75) is 0 Å². The molecule has 1 aromatic carbocycles. The maximum Gasteiger partial charge on any atom is 0.258 e. The Morgan fingerprint density at radius 2 is 2.23 bits per heavy atom. The van der Waals surface area contributed by atoms with Crippen molar-refractivity contribution >= 4 is 33.5 Å². The largest absolute Gasteiger partial charge is 0.846 e. The van der Waals surface area contributed by atoms with Crippen molar-refractivity contribution in [1.29, 1.82) is 0 Å². The smallest absolute Gasteiger partial charge is 0.258 e. The fourth-order valence-electron chi connectivity index (χ4n) is 1.09. The Kier molecular flexibility index (Phi) is 1.95. The van der Waals surface area contributed by atoms with Gasteiger partial charge in [-0.1, -0.05) is 0 Å². The molecule has 0 radical (unpaired) electrons. The fraction of sp³-hybridized carbons (Fsp3) is 0. The highest BCUT2D eigenvalue weighted by Gasteiger charge is 1.99. The second-order valence-corrected chi connectivity index (χ2v) is 3.78. The van der Waals surface area contributed by atoms with E-state index in [9.17, 15) is 9.90 Å². The average molecular weight is 287 g/mol. The van der Waals surface area contributed by atoms with Gasteiger partial charge in [-0.15, -0.1) is 0 Å². The molecule has 5 heteroatoms. The summed E-state index contributed by atoms with van der Waals surface area (Å²) >= 11 is 2.09. The molecule has 13 heavy (non-hydrogen) atoms. The molecule has 0 spiro atoms. The summed E-state index contributed by atoms with van der Waals surface area (Å²) in [7, 11) is 0. The summed E-state index contributed by atoms with van der Waals surface area (Å²) in [6.45, 7) is 0. The normalized spacial score (nSPS) is 10.5. The van der Waals surface area contributed by atoms with E-state index in [-0.39, 0.29) is 5.56 Å². The highest BCUT2D eigenvalue weighted by Crippen LogP contribution is 2.12. The van der Waals surface area contributed by atoms with E-state index in [1.807, 2.05) is 0 Å². The summed E-state index contributed by atoms with van der Waals surface area (Å²) in [6.07, 6.45) is 0. The van der Waals surface area contributed by atoms with E-state index in [2.05, 4.69) is 32.6 Å². The van der Waals surface area contributed by atoms with Gasteiger partial charge in [-0.2, -0.15) is 0 Å². The highest BCUT2D eigenvalue weighted by atomic mass is 127. The van der Waals surface area contributed by atoms with Crippen molar-refractivity contribution in [2.75, 3.05) is 0 Å². The Morgan fingerprint density at radius 1 is 1.46 bits per heavy atom. The molecular formula is C8H4IN2O2-. The van der Waals surface area contributed by atoms with E-state index >= 15 is 0 Å². The van der Waals surface area contributed by atoms with Crippen LogP contribution in [0.1, 0.15) is 0 Å². The van der Waals surface area contributed by atoms with E-state index < -0.39 is 6.01 Å². The number of fused-ring (bicyclic) bond motifs is 1. The molecular weight excluding hydrogens is 283 g/mol. The van der Waals surface area contributed by atoms with Gasteiger partial charge in [0.25, 0.3) is 5.56 Å². The third-order valence-electron chi connectivity index (χ3n) is 1.65. The lowest BCUT2D eigenvalue weighted by molar-refractivity contribution is -0.281. The summed E-state index contributed by atoms with van der Waals surface area (Å²) in [5, 5.41) is 11.3. The number of benzene rings is 1. The minimum absolute atomic E-state index is 0.381. The van der Waals surface area contributed by atoms with Gasteiger partial charge < -0.3 is 10.1 Å². The van der Waals surface area contributed by atoms with Gasteiger partial charge in [0.15, 0.2) is 0 Å². The van der Waals surface area contributed by atoms with Gasteiger partial charge in [0.2, 0.25) is 0 Å². The van der Waals surface area contributed by atoms with Gasteiger partial charge in [0.05, 0.1) is 16.9 Å². The standard InChI is InChI=1S/C8H5IN2O2/c9-4-1-2-6-5(3-4)7(12)11-8(13)10-6/h1-3H,(H2,10,11,12,13)/p-1. The zero-order valence-corrected chi connectivity index (χ0v) is 8.53. The number of aromatic nitrogens is 2. The monoisotopic (exact) mass is 287 g/mol. The van der Waals surface area contributed by atoms with Crippen molar-refractivity contribution in [3.63, 3.8) is 0 Å². The van der Waals surface area contributed by atoms with Gasteiger partial charge in [0, 0.05) is 3.57 Å². The van der Waals surface area contributed by atoms with Crippen LogP contribution in [0.3, 0.4) is 0 Å². The van der Waals surface area contributed by atoms with E-state index in [0.717, 1.165) is 3.57 Å². The number of nitrogens with zero attached hydrogens (tertiary/aromatic N) is 1. The van der Waals surface area contributed by atoms with Crippen LogP contribution in [0.5, 0.6) is 6.01 Å². The number of hydrogen-bond donors (Lipinski definition) is 1. The van der Waals surface area contributed by atoms with Gasteiger partial charge in [-0.3, -0.25) is 4.79 Å². The molecule has 0 aliphatic carbocycles. The summed E-state index contributed by atoms with van der Waals surface area (Å²) in [6, 6.07) is 4.56. The van der Waals surface area contributed by atoms with Crippen LogP contribution in [0.25, 0.3) is 10.9 Å². The van der Waals surface area contributed by atoms with Crippen LogP contribution >= 0.6 is 22.6 Å². The van der Waals surface area contributed by atoms with Crippen LogP contribution in [-0.2, 0) is 0 Å². The molecule has 0 fully saturated rings. The lowest BCUT2D eigenvalue weighted by Crippen LogP contribution is -2.11. The second-order valence-electron chi connectivity index (χ2n) is 2.53. The molecule has 0 aliphatic rings. The summed E-state index contributed by atoms with van der Waals surface area (Å²) < 4.78 is 0.941. The van der Waals surface area contributed by atoms with Crippen LogP contribution in [0, 0.1) is 3.57 Å². The predicted molar refractivity (Wildman–Crippen MR) is 54.5 cm³/mol. The summed E-state index contributed by atoms with van der Waals surface area (Å²) in [5.41, 5.74) is 0.0580. The van der Waals surface area contributed by atoms with E-state index in [0.29, 0.717) is 10.9 Å². The number of aromatic amines is 1. The first kappa shape index (κ1) is 8.49. The molecule has 0 amide bonds. The first-order valence-corrected chi connectivity index (χ1v) is 4.61. The Balaban J connectivity index is 2.95. The van der Waals surface area contributed by atoms with Crippen molar-refractivity contribution in [2.24, 2.45) is 0 Å². The molecule has 66 valence electrons. The average Bonchev–Trinajstić information content (AvgIpc) is 2.06. The molecule has 0 bridgehead atoms. The van der Waals surface area contributed by atoms with Gasteiger partial charge in [-0.05, 0) is 40.8 Å². The number of H-pyrrole nitrogens is 1.